The lowest BCUT2D eigenvalue weighted by atomic mass is 10.2. The lowest BCUT2D eigenvalue weighted by Crippen LogP contribution is -2.09. The first-order chi connectivity index (χ1) is 13.8. The average Bonchev–Trinajstić information content (AvgIpc) is 3.18. The van der Waals surface area contributed by atoms with Crippen LogP contribution in [0.15, 0.2) is 24.4 Å². The lowest BCUT2D eigenvalue weighted by molar-refractivity contribution is -0.385. The number of aryl methyl sites for hydroxylation is 1. The van der Waals surface area contributed by atoms with E-state index in [1.54, 1.807) is 18.5 Å². The van der Waals surface area contributed by atoms with Crippen molar-refractivity contribution in [2.75, 3.05) is 5.73 Å². The third-order valence-electron chi connectivity index (χ3n) is 4.46. The number of aromatic nitrogens is 6. The van der Waals surface area contributed by atoms with E-state index in [-0.39, 0.29) is 23.7 Å². The molecular weight excluding hydrogens is 403 g/mol. The quantitative estimate of drug-likeness (QED) is 0.399. The van der Waals surface area contributed by atoms with Crippen molar-refractivity contribution < 1.29 is 9.31 Å². The van der Waals surface area contributed by atoms with Crippen LogP contribution in [0.4, 0.5) is 16.0 Å². The molecule has 4 aromatic rings. The fourth-order valence-electron chi connectivity index (χ4n) is 3.00. The molecule has 0 aliphatic rings. The van der Waals surface area contributed by atoms with Crippen molar-refractivity contribution in [3.05, 3.63) is 62.3 Å². The molecule has 2 N–H and O–H groups in total. The molecule has 10 nitrogen and oxygen atoms in total. The Balaban J connectivity index is 1.81. The fourth-order valence-corrected chi connectivity index (χ4v) is 3.12. The zero-order chi connectivity index (χ0) is 20.9. The van der Waals surface area contributed by atoms with Gasteiger partial charge in [-0.25, -0.2) is 13.8 Å². The summed E-state index contributed by atoms with van der Waals surface area (Å²) < 4.78 is 17.3. The summed E-state index contributed by atoms with van der Waals surface area (Å²) in [4.78, 5) is 18.6. The van der Waals surface area contributed by atoms with Crippen LogP contribution in [-0.4, -0.2) is 34.5 Å². The third kappa shape index (κ3) is 3.14. The molecule has 0 spiro atoms. The maximum absolute atomic E-state index is 14.3. The van der Waals surface area contributed by atoms with E-state index < -0.39 is 10.7 Å². The molecule has 0 atom stereocenters. The number of rotatable bonds is 4. The van der Waals surface area contributed by atoms with E-state index >= 15 is 0 Å². The number of fused-ring (bicyclic) bond motifs is 1. The van der Waals surface area contributed by atoms with Crippen molar-refractivity contribution in [1.82, 2.24) is 29.5 Å². The standard InChI is InChI=1S/C17H14ClFN8O2/c1-8-14(18)9(2)26(24-8)16-12-6-21-25(15(12)22-17(20)23-16)7-10-3-4-11(27(28)29)5-13(10)19/h3-6H,7H2,1-2H3,(H2,20,22,23). The van der Waals surface area contributed by atoms with Gasteiger partial charge in [-0.2, -0.15) is 20.2 Å². The van der Waals surface area contributed by atoms with E-state index in [2.05, 4.69) is 20.2 Å². The van der Waals surface area contributed by atoms with Crippen LogP contribution in [0.3, 0.4) is 0 Å². The molecule has 3 heterocycles. The Morgan fingerprint density at radius 2 is 2.07 bits per heavy atom. The second-order valence-electron chi connectivity index (χ2n) is 6.37. The van der Waals surface area contributed by atoms with Gasteiger partial charge in [-0.15, -0.1) is 0 Å². The molecule has 0 saturated carbocycles. The lowest BCUT2D eigenvalue weighted by Gasteiger charge is -2.08. The molecule has 0 aliphatic carbocycles. The molecule has 0 unspecified atom stereocenters. The highest BCUT2D eigenvalue weighted by Gasteiger charge is 2.19. The van der Waals surface area contributed by atoms with Gasteiger partial charge in [-0.1, -0.05) is 11.6 Å². The number of nitro benzene ring substituents is 1. The van der Waals surface area contributed by atoms with Gasteiger partial charge in [0.2, 0.25) is 5.95 Å². The average molecular weight is 417 g/mol. The highest BCUT2D eigenvalue weighted by atomic mass is 35.5. The van der Waals surface area contributed by atoms with Gasteiger partial charge in [-0.05, 0) is 19.9 Å². The van der Waals surface area contributed by atoms with Crippen molar-refractivity contribution >= 4 is 34.3 Å². The van der Waals surface area contributed by atoms with Crippen LogP contribution in [-0.2, 0) is 6.54 Å². The van der Waals surface area contributed by atoms with Crippen LogP contribution in [0.2, 0.25) is 5.02 Å². The topological polar surface area (TPSA) is 131 Å². The van der Waals surface area contributed by atoms with Gasteiger partial charge in [-0.3, -0.25) is 10.1 Å². The molecule has 12 heteroatoms. The minimum absolute atomic E-state index is 0.00109. The number of nitrogens with two attached hydrogens (primary N) is 1. The van der Waals surface area contributed by atoms with Gasteiger partial charge < -0.3 is 5.73 Å². The molecular formula is C17H14ClFN8O2. The number of nitrogen functional groups attached to an aromatic ring is 1. The van der Waals surface area contributed by atoms with Gasteiger partial charge in [0, 0.05) is 11.6 Å². The number of non-ortho nitro benzene ring substituents is 1. The Hall–Kier alpha value is -3.60. The van der Waals surface area contributed by atoms with Gasteiger partial charge in [0.25, 0.3) is 5.69 Å². The molecule has 0 amide bonds. The molecule has 1 aromatic carbocycles. The number of anilines is 1. The minimum atomic E-state index is -0.713. The summed E-state index contributed by atoms with van der Waals surface area (Å²) in [5.74, 6) is -0.326. The number of benzene rings is 1. The number of nitro groups is 1. The van der Waals surface area contributed by atoms with E-state index in [4.69, 9.17) is 17.3 Å². The van der Waals surface area contributed by atoms with Crippen LogP contribution in [0, 0.1) is 29.8 Å². The van der Waals surface area contributed by atoms with Crippen LogP contribution in [0.5, 0.6) is 0 Å². The molecule has 0 bridgehead atoms. The fraction of sp³-hybridized carbons (Fsp3) is 0.176. The van der Waals surface area contributed by atoms with Gasteiger partial charge >= 0.3 is 0 Å². The van der Waals surface area contributed by atoms with Gasteiger partial charge in [0.05, 0.1) is 45.5 Å². The van der Waals surface area contributed by atoms with E-state index in [0.29, 0.717) is 33.3 Å². The zero-order valence-electron chi connectivity index (χ0n) is 15.3. The van der Waals surface area contributed by atoms with Crippen LogP contribution >= 0.6 is 11.6 Å². The molecule has 3 aromatic heterocycles. The predicted octanol–water partition coefficient (Wildman–Crippen LogP) is 2.96. The van der Waals surface area contributed by atoms with Crippen LogP contribution < -0.4 is 5.73 Å². The largest absolute Gasteiger partial charge is 0.368 e. The number of halogens is 2. The first-order valence-electron chi connectivity index (χ1n) is 8.40. The maximum atomic E-state index is 14.3. The van der Waals surface area contributed by atoms with Gasteiger partial charge in [0.1, 0.15) is 5.82 Å². The summed E-state index contributed by atoms with van der Waals surface area (Å²) in [6, 6.07) is 3.44. The number of hydrogen-bond donors (Lipinski definition) is 1. The Morgan fingerprint density at radius 1 is 1.31 bits per heavy atom. The first kappa shape index (κ1) is 18.7. The zero-order valence-corrected chi connectivity index (χ0v) is 16.1. The SMILES string of the molecule is Cc1nn(-c2nc(N)nc3c2cnn3Cc2ccc([N+](=O)[O-])cc2F)c(C)c1Cl. The normalized spacial score (nSPS) is 11.3. The molecule has 0 radical (unpaired) electrons. The molecule has 0 aliphatic heterocycles. The monoisotopic (exact) mass is 416 g/mol. The van der Waals surface area contributed by atoms with Crippen molar-refractivity contribution in [3.63, 3.8) is 0 Å². The molecule has 0 fully saturated rings. The van der Waals surface area contributed by atoms with Gasteiger partial charge in [0.15, 0.2) is 11.5 Å². The van der Waals surface area contributed by atoms with Crippen LogP contribution in [0.1, 0.15) is 17.0 Å². The van der Waals surface area contributed by atoms with Crippen molar-refractivity contribution in [2.24, 2.45) is 0 Å². The van der Waals surface area contributed by atoms with E-state index in [1.807, 2.05) is 0 Å². The smallest absolute Gasteiger partial charge is 0.272 e. The van der Waals surface area contributed by atoms with Crippen molar-refractivity contribution in [3.8, 4) is 5.82 Å². The second-order valence-corrected chi connectivity index (χ2v) is 6.75. The number of nitrogens with zero attached hydrogens (tertiary/aromatic N) is 7. The summed E-state index contributed by atoms with van der Waals surface area (Å²) in [5.41, 5.74) is 7.45. The summed E-state index contributed by atoms with van der Waals surface area (Å²) in [5, 5.41) is 20.5. The van der Waals surface area contributed by atoms with Crippen molar-refractivity contribution in [2.45, 2.75) is 20.4 Å². The highest BCUT2D eigenvalue weighted by Crippen LogP contribution is 2.27. The Labute approximate surface area is 167 Å². The summed E-state index contributed by atoms with van der Waals surface area (Å²) in [7, 11) is 0. The second kappa shape index (κ2) is 6.78. The molecule has 148 valence electrons. The summed E-state index contributed by atoms with van der Waals surface area (Å²) >= 11 is 6.24. The molecule has 4 rings (SSSR count). The highest BCUT2D eigenvalue weighted by molar-refractivity contribution is 6.31. The van der Waals surface area contributed by atoms with E-state index in [9.17, 15) is 14.5 Å². The first-order valence-corrected chi connectivity index (χ1v) is 8.78. The molecule has 0 saturated heterocycles. The summed E-state index contributed by atoms with van der Waals surface area (Å²) in [6.07, 6.45) is 1.53. The van der Waals surface area contributed by atoms with E-state index in [0.717, 1.165) is 6.07 Å². The van der Waals surface area contributed by atoms with Crippen LogP contribution in [0.25, 0.3) is 16.9 Å². The third-order valence-corrected chi connectivity index (χ3v) is 5.01. The van der Waals surface area contributed by atoms with E-state index in [1.165, 1.54) is 23.0 Å². The Kier molecular flexibility index (Phi) is 4.38. The summed E-state index contributed by atoms with van der Waals surface area (Å²) in [6.45, 7) is 3.57. The Bertz CT molecular complexity index is 1280. The molecule has 29 heavy (non-hydrogen) atoms. The maximum Gasteiger partial charge on any atom is 0.272 e. The van der Waals surface area contributed by atoms with Crippen molar-refractivity contribution in [1.29, 1.82) is 0 Å². The number of hydrogen-bond acceptors (Lipinski definition) is 7. The minimum Gasteiger partial charge on any atom is -0.368 e. The Morgan fingerprint density at radius 3 is 2.69 bits per heavy atom. The predicted molar refractivity (Wildman–Crippen MR) is 103 cm³/mol.